The van der Waals surface area contributed by atoms with E-state index in [1.807, 2.05) is 40.0 Å². The third-order valence-corrected chi connectivity index (χ3v) is 5.64. The Morgan fingerprint density at radius 1 is 1.17 bits per heavy atom. The van der Waals surface area contributed by atoms with Gasteiger partial charge in [0.15, 0.2) is 0 Å². The summed E-state index contributed by atoms with van der Waals surface area (Å²) in [6.07, 6.45) is 1.87. The van der Waals surface area contributed by atoms with Gasteiger partial charge in [0.1, 0.15) is 17.5 Å². The number of hydrogen-bond donors (Lipinski definition) is 1. The van der Waals surface area contributed by atoms with E-state index in [1.165, 1.54) is 0 Å². The highest BCUT2D eigenvalue weighted by Gasteiger charge is 2.32. The molecule has 1 aromatic carbocycles. The number of ether oxygens (including phenoxy) is 1. The normalized spacial score (nSPS) is 13.4. The summed E-state index contributed by atoms with van der Waals surface area (Å²) < 4.78 is 7.31. The summed E-state index contributed by atoms with van der Waals surface area (Å²) in [7, 11) is 1.87. The van der Waals surface area contributed by atoms with E-state index in [4.69, 9.17) is 4.74 Å². The average Bonchev–Trinajstić information content (AvgIpc) is 3.36. The molecule has 0 saturated heterocycles. The number of carbonyl (C=O) groups excluding carboxylic acids is 1. The van der Waals surface area contributed by atoms with Crippen LogP contribution in [-0.4, -0.2) is 38.0 Å². The molecule has 0 atom stereocenters. The van der Waals surface area contributed by atoms with Gasteiger partial charge >= 0.3 is 6.09 Å². The van der Waals surface area contributed by atoms with Gasteiger partial charge in [-0.15, -0.1) is 0 Å². The molecular formula is C26H31N7O2. The summed E-state index contributed by atoms with van der Waals surface area (Å²) >= 11 is 0. The van der Waals surface area contributed by atoms with Gasteiger partial charge in [-0.05, 0) is 51.0 Å². The number of carbonyl (C=O) groups is 1. The SMILES string of the molecule is Cn1nc(C(C)(C)C)cc1Nc1nccc(-c2cc(C#N)c3c(c2)CCN3C(=O)OC(C)(C)C)n1. The molecule has 0 unspecified atom stereocenters. The molecule has 0 bridgehead atoms. The molecule has 9 heteroatoms. The zero-order valence-electron chi connectivity index (χ0n) is 21.3. The Morgan fingerprint density at radius 2 is 1.91 bits per heavy atom. The number of benzene rings is 1. The molecule has 1 amide bonds. The van der Waals surface area contributed by atoms with Crippen molar-refractivity contribution in [3.63, 3.8) is 0 Å². The van der Waals surface area contributed by atoms with Crippen LogP contribution in [0.25, 0.3) is 11.3 Å². The fourth-order valence-corrected chi connectivity index (χ4v) is 3.93. The quantitative estimate of drug-likeness (QED) is 0.564. The predicted molar refractivity (Wildman–Crippen MR) is 135 cm³/mol. The fourth-order valence-electron chi connectivity index (χ4n) is 3.93. The summed E-state index contributed by atoms with van der Waals surface area (Å²) in [6, 6.07) is 9.78. The number of nitrogens with one attached hydrogen (secondary N) is 1. The van der Waals surface area contributed by atoms with Crippen molar-refractivity contribution in [2.24, 2.45) is 7.05 Å². The lowest BCUT2D eigenvalue weighted by atomic mass is 9.92. The third kappa shape index (κ3) is 5.11. The standard InChI is InChI=1S/C26H31N7O2/c1-25(2,3)20-14-21(32(7)31-20)30-23-28-10-8-19(29-23)17-12-16-9-11-33(22(16)18(13-17)15-27)24(34)35-26(4,5)6/h8,10,12-14H,9,11H2,1-7H3,(H,28,29,30). The van der Waals surface area contributed by atoms with Gasteiger partial charge in [-0.2, -0.15) is 10.4 Å². The van der Waals surface area contributed by atoms with E-state index in [1.54, 1.807) is 27.9 Å². The van der Waals surface area contributed by atoms with E-state index >= 15 is 0 Å². The van der Waals surface area contributed by atoms with Crippen molar-refractivity contribution in [2.45, 2.75) is 59.0 Å². The number of anilines is 3. The highest BCUT2D eigenvalue weighted by molar-refractivity contribution is 5.93. The minimum Gasteiger partial charge on any atom is -0.443 e. The minimum atomic E-state index is -0.613. The Bertz CT molecular complexity index is 1320. The predicted octanol–water partition coefficient (Wildman–Crippen LogP) is 5.09. The van der Waals surface area contributed by atoms with Gasteiger partial charge in [0.2, 0.25) is 5.95 Å². The van der Waals surface area contributed by atoms with E-state index in [0.717, 1.165) is 22.6 Å². The van der Waals surface area contributed by atoms with E-state index in [-0.39, 0.29) is 5.41 Å². The first-order chi connectivity index (χ1) is 16.4. The molecule has 9 nitrogen and oxygen atoms in total. The second kappa shape index (κ2) is 8.69. The summed E-state index contributed by atoms with van der Waals surface area (Å²) in [4.78, 5) is 23.3. The molecule has 0 saturated carbocycles. The zero-order chi connectivity index (χ0) is 25.5. The van der Waals surface area contributed by atoms with Crippen LogP contribution in [0.15, 0.2) is 30.5 Å². The number of amides is 1. The number of hydrogen-bond acceptors (Lipinski definition) is 7. The molecule has 3 aromatic rings. The molecule has 1 N–H and O–H groups in total. The number of fused-ring (bicyclic) bond motifs is 1. The maximum Gasteiger partial charge on any atom is 0.414 e. The summed E-state index contributed by atoms with van der Waals surface area (Å²) in [5.74, 6) is 1.21. The third-order valence-electron chi connectivity index (χ3n) is 5.64. The molecule has 0 radical (unpaired) electrons. The summed E-state index contributed by atoms with van der Waals surface area (Å²) in [5.41, 5.74) is 3.68. The smallest absolute Gasteiger partial charge is 0.414 e. The van der Waals surface area contributed by atoms with Crippen molar-refractivity contribution < 1.29 is 9.53 Å². The first-order valence-electron chi connectivity index (χ1n) is 11.6. The van der Waals surface area contributed by atoms with Crippen LogP contribution in [0.1, 0.15) is 58.4 Å². The van der Waals surface area contributed by atoms with E-state index in [0.29, 0.717) is 35.9 Å². The van der Waals surface area contributed by atoms with Crippen LogP contribution in [0.2, 0.25) is 0 Å². The Balaban J connectivity index is 1.64. The zero-order valence-corrected chi connectivity index (χ0v) is 21.3. The maximum atomic E-state index is 12.7. The van der Waals surface area contributed by atoms with E-state index in [2.05, 4.69) is 47.2 Å². The maximum absolute atomic E-state index is 12.7. The van der Waals surface area contributed by atoms with Gasteiger partial charge in [0.05, 0.1) is 22.6 Å². The first-order valence-corrected chi connectivity index (χ1v) is 11.6. The highest BCUT2D eigenvalue weighted by atomic mass is 16.6. The Labute approximate surface area is 205 Å². The second-order valence-corrected chi connectivity index (χ2v) is 10.7. The molecule has 1 aliphatic heterocycles. The molecule has 0 spiro atoms. The lowest BCUT2D eigenvalue weighted by Crippen LogP contribution is -2.36. The lowest BCUT2D eigenvalue weighted by molar-refractivity contribution is 0.0584. The number of nitriles is 1. The molecule has 0 fully saturated rings. The van der Waals surface area contributed by atoms with Gasteiger partial charge in [0.25, 0.3) is 0 Å². The van der Waals surface area contributed by atoms with Crippen LogP contribution in [0.4, 0.5) is 22.2 Å². The van der Waals surface area contributed by atoms with Crippen molar-refractivity contribution in [3.8, 4) is 17.3 Å². The van der Waals surface area contributed by atoms with Crippen LogP contribution >= 0.6 is 0 Å². The van der Waals surface area contributed by atoms with Crippen molar-refractivity contribution >= 4 is 23.5 Å². The minimum absolute atomic E-state index is 0.0777. The molecule has 3 heterocycles. The molecule has 1 aliphatic rings. The number of aromatic nitrogens is 4. The van der Waals surface area contributed by atoms with Crippen LogP contribution < -0.4 is 10.2 Å². The Kier molecular flexibility index (Phi) is 6.01. The highest BCUT2D eigenvalue weighted by Crippen LogP contribution is 2.36. The first kappa shape index (κ1) is 24.2. The molecule has 4 rings (SSSR count). The molecule has 35 heavy (non-hydrogen) atoms. The van der Waals surface area contributed by atoms with Gasteiger partial charge < -0.3 is 10.1 Å². The Morgan fingerprint density at radius 3 is 2.54 bits per heavy atom. The second-order valence-electron chi connectivity index (χ2n) is 10.7. The largest absolute Gasteiger partial charge is 0.443 e. The Hall–Kier alpha value is -3.93. The van der Waals surface area contributed by atoms with Crippen molar-refractivity contribution in [2.75, 3.05) is 16.8 Å². The van der Waals surface area contributed by atoms with Crippen molar-refractivity contribution in [3.05, 3.63) is 47.3 Å². The van der Waals surface area contributed by atoms with Gasteiger partial charge in [-0.25, -0.2) is 14.8 Å². The number of nitrogens with zero attached hydrogens (tertiary/aromatic N) is 6. The lowest BCUT2D eigenvalue weighted by Gasteiger charge is -2.25. The number of aryl methyl sites for hydroxylation is 1. The monoisotopic (exact) mass is 473 g/mol. The van der Waals surface area contributed by atoms with Crippen LogP contribution in [-0.2, 0) is 23.6 Å². The van der Waals surface area contributed by atoms with Gasteiger partial charge in [-0.1, -0.05) is 20.8 Å². The summed E-state index contributed by atoms with van der Waals surface area (Å²) in [5, 5.41) is 17.7. The van der Waals surface area contributed by atoms with Gasteiger partial charge in [0, 0.05) is 36.8 Å². The number of rotatable bonds is 3. The van der Waals surface area contributed by atoms with Crippen LogP contribution in [0.5, 0.6) is 0 Å². The van der Waals surface area contributed by atoms with E-state index < -0.39 is 11.7 Å². The van der Waals surface area contributed by atoms with Crippen molar-refractivity contribution in [1.82, 2.24) is 19.7 Å². The topological polar surface area (TPSA) is 109 Å². The molecule has 2 aromatic heterocycles. The van der Waals surface area contributed by atoms with Gasteiger partial charge in [-0.3, -0.25) is 9.58 Å². The molecular weight excluding hydrogens is 442 g/mol. The van der Waals surface area contributed by atoms with Crippen molar-refractivity contribution in [1.29, 1.82) is 5.26 Å². The summed E-state index contributed by atoms with van der Waals surface area (Å²) in [6.45, 7) is 12.3. The molecule has 0 aliphatic carbocycles. The van der Waals surface area contributed by atoms with Crippen LogP contribution in [0.3, 0.4) is 0 Å². The average molecular weight is 474 g/mol. The molecule has 182 valence electrons. The fraction of sp³-hybridized carbons (Fsp3) is 0.423. The van der Waals surface area contributed by atoms with Crippen LogP contribution in [0, 0.1) is 11.3 Å². The van der Waals surface area contributed by atoms with E-state index in [9.17, 15) is 10.1 Å².